The molecule has 0 aliphatic heterocycles. The summed E-state index contributed by atoms with van der Waals surface area (Å²) in [6.07, 6.45) is 0. The van der Waals surface area contributed by atoms with Gasteiger partial charge >= 0.3 is 0 Å². The van der Waals surface area contributed by atoms with Crippen LogP contribution in [-0.2, 0) is 4.79 Å². The van der Waals surface area contributed by atoms with Gasteiger partial charge in [-0.2, -0.15) is 15.4 Å². The quantitative estimate of drug-likeness (QED) is 0.702. The van der Waals surface area contributed by atoms with Crippen LogP contribution in [0, 0.1) is 6.92 Å². The molecule has 8 heteroatoms. The molecule has 0 atom stereocenters. The van der Waals surface area contributed by atoms with Gasteiger partial charge in [0.25, 0.3) is 5.91 Å². The number of carbonyl (C=O) groups is 2. The number of H-pyrrole nitrogens is 1. The van der Waals surface area contributed by atoms with Crippen molar-refractivity contribution in [2.75, 3.05) is 18.9 Å². The van der Waals surface area contributed by atoms with Gasteiger partial charge in [0.1, 0.15) is 11.0 Å². The third-order valence-corrected chi connectivity index (χ3v) is 4.25. The second-order valence-electron chi connectivity index (χ2n) is 5.70. The molecule has 0 aliphatic rings. The molecule has 7 nitrogen and oxygen atoms in total. The number of nitrogens with zero attached hydrogens (tertiary/aromatic N) is 3. The van der Waals surface area contributed by atoms with Gasteiger partial charge in [-0.05, 0) is 48.9 Å². The summed E-state index contributed by atoms with van der Waals surface area (Å²) in [6, 6.07) is 10.6. The van der Waals surface area contributed by atoms with Crippen molar-refractivity contribution in [2.45, 2.75) is 6.92 Å². The normalized spacial score (nSPS) is 10.7. The zero-order chi connectivity index (χ0) is 18.0. The van der Waals surface area contributed by atoms with Crippen LogP contribution in [-0.4, -0.2) is 45.7 Å². The largest absolute Gasteiger partial charge is 0.332 e. The molecule has 1 aromatic heterocycles. The zero-order valence-corrected chi connectivity index (χ0v) is 15.3. The van der Waals surface area contributed by atoms with Crippen LogP contribution in [0.15, 0.2) is 40.9 Å². The summed E-state index contributed by atoms with van der Waals surface area (Å²) in [5.74, 6) is -0.517. The Bertz CT molecular complexity index is 953. The molecule has 1 heterocycles. The summed E-state index contributed by atoms with van der Waals surface area (Å²) in [6.45, 7) is 1.85. The average Bonchev–Trinajstić information content (AvgIpc) is 3.04. The number of aromatic nitrogens is 3. The Balaban J connectivity index is 1.66. The summed E-state index contributed by atoms with van der Waals surface area (Å²) < 4.78 is 0.943. The van der Waals surface area contributed by atoms with Crippen LogP contribution < -0.4 is 5.32 Å². The van der Waals surface area contributed by atoms with Gasteiger partial charge in [-0.3, -0.25) is 9.59 Å². The number of carbonyl (C=O) groups excluding carboxylic acids is 2. The van der Waals surface area contributed by atoms with Gasteiger partial charge in [-0.25, -0.2) is 0 Å². The van der Waals surface area contributed by atoms with E-state index in [1.54, 1.807) is 25.2 Å². The second kappa shape index (κ2) is 7.02. The lowest BCUT2D eigenvalue weighted by molar-refractivity contribution is -0.116. The Morgan fingerprint density at radius 1 is 1.16 bits per heavy atom. The predicted octanol–water partition coefficient (Wildman–Crippen LogP) is 2.74. The van der Waals surface area contributed by atoms with E-state index in [1.807, 2.05) is 25.1 Å². The van der Waals surface area contributed by atoms with E-state index in [2.05, 4.69) is 36.7 Å². The SMILES string of the molecule is Cc1cc(Br)ccc1NC(=O)CN(C)C(=O)c1ccc2n[nH]nc2c1. The van der Waals surface area contributed by atoms with Crippen LogP contribution in [0.1, 0.15) is 15.9 Å². The van der Waals surface area contributed by atoms with Crippen molar-refractivity contribution in [1.29, 1.82) is 0 Å². The molecule has 25 heavy (non-hydrogen) atoms. The molecule has 3 rings (SSSR count). The topological polar surface area (TPSA) is 91.0 Å². The lowest BCUT2D eigenvalue weighted by Gasteiger charge is -2.17. The number of amides is 2. The Morgan fingerprint density at radius 2 is 1.92 bits per heavy atom. The van der Waals surface area contributed by atoms with E-state index in [1.165, 1.54) is 4.90 Å². The molecule has 0 saturated carbocycles. The van der Waals surface area contributed by atoms with Gasteiger partial charge < -0.3 is 10.2 Å². The van der Waals surface area contributed by atoms with Crippen LogP contribution in [0.3, 0.4) is 0 Å². The number of likely N-dealkylation sites (N-methyl/N-ethyl adjacent to an activating group) is 1. The molecular weight excluding hydrogens is 386 g/mol. The Morgan fingerprint density at radius 3 is 2.68 bits per heavy atom. The van der Waals surface area contributed by atoms with Crippen molar-refractivity contribution in [3.05, 3.63) is 52.0 Å². The lowest BCUT2D eigenvalue weighted by Crippen LogP contribution is -2.35. The molecule has 2 amide bonds. The number of aromatic amines is 1. The fraction of sp³-hybridized carbons (Fsp3) is 0.176. The molecule has 0 bridgehead atoms. The summed E-state index contributed by atoms with van der Waals surface area (Å²) in [5.41, 5.74) is 3.40. The molecule has 2 N–H and O–H groups in total. The van der Waals surface area contributed by atoms with E-state index in [0.29, 0.717) is 16.6 Å². The van der Waals surface area contributed by atoms with Crippen LogP contribution in [0.25, 0.3) is 11.0 Å². The first kappa shape index (κ1) is 17.1. The minimum Gasteiger partial charge on any atom is -0.332 e. The van der Waals surface area contributed by atoms with Gasteiger partial charge in [-0.1, -0.05) is 15.9 Å². The molecular formula is C17H16BrN5O2. The second-order valence-corrected chi connectivity index (χ2v) is 6.61. The van der Waals surface area contributed by atoms with E-state index in [-0.39, 0.29) is 18.4 Å². The van der Waals surface area contributed by atoms with Crippen LogP contribution in [0.4, 0.5) is 5.69 Å². The summed E-state index contributed by atoms with van der Waals surface area (Å²) in [5, 5.41) is 13.2. The maximum absolute atomic E-state index is 12.5. The highest BCUT2D eigenvalue weighted by Crippen LogP contribution is 2.20. The number of halogens is 1. The lowest BCUT2D eigenvalue weighted by atomic mass is 10.1. The van der Waals surface area contributed by atoms with Gasteiger partial charge in [0.05, 0.1) is 6.54 Å². The number of hydrogen-bond acceptors (Lipinski definition) is 4. The van der Waals surface area contributed by atoms with Crippen LogP contribution in [0.2, 0.25) is 0 Å². The number of hydrogen-bond donors (Lipinski definition) is 2. The highest BCUT2D eigenvalue weighted by Gasteiger charge is 2.16. The predicted molar refractivity (Wildman–Crippen MR) is 98.4 cm³/mol. The zero-order valence-electron chi connectivity index (χ0n) is 13.7. The highest BCUT2D eigenvalue weighted by molar-refractivity contribution is 9.10. The first-order chi connectivity index (χ1) is 11.9. The molecule has 3 aromatic rings. The van der Waals surface area contributed by atoms with Gasteiger partial charge in [0, 0.05) is 22.8 Å². The van der Waals surface area contributed by atoms with Gasteiger partial charge in [0.15, 0.2) is 0 Å². The molecule has 0 saturated heterocycles. The monoisotopic (exact) mass is 401 g/mol. The number of fused-ring (bicyclic) bond motifs is 1. The van der Waals surface area contributed by atoms with E-state index in [9.17, 15) is 9.59 Å². The van der Waals surface area contributed by atoms with Crippen molar-refractivity contribution >= 4 is 44.5 Å². The first-order valence-electron chi connectivity index (χ1n) is 7.56. The maximum atomic E-state index is 12.5. The van der Waals surface area contributed by atoms with E-state index in [0.717, 1.165) is 15.7 Å². The maximum Gasteiger partial charge on any atom is 0.254 e. The van der Waals surface area contributed by atoms with E-state index in [4.69, 9.17) is 0 Å². The third kappa shape index (κ3) is 3.85. The highest BCUT2D eigenvalue weighted by atomic mass is 79.9. The minimum absolute atomic E-state index is 0.0504. The molecule has 128 valence electrons. The number of nitrogens with one attached hydrogen (secondary N) is 2. The van der Waals surface area contributed by atoms with Gasteiger partial charge in [-0.15, -0.1) is 0 Å². The molecule has 0 aliphatic carbocycles. The number of aryl methyl sites for hydroxylation is 1. The Hall–Kier alpha value is -2.74. The van der Waals surface area contributed by atoms with Crippen molar-refractivity contribution in [1.82, 2.24) is 20.3 Å². The van der Waals surface area contributed by atoms with Gasteiger partial charge in [0.2, 0.25) is 5.91 Å². The summed E-state index contributed by atoms with van der Waals surface area (Å²) >= 11 is 3.38. The number of rotatable bonds is 4. The standard InChI is InChI=1S/C17H16BrN5O2/c1-10-7-12(18)4-6-13(10)19-16(24)9-23(2)17(25)11-3-5-14-15(8-11)21-22-20-14/h3-8H,9H2,1-2H3,(H,19,24)(H,20,21,22). The first-order valence-corrected chi connectivity index (χ1v) is 8.35. The smallest absolute Gasteiger partial charge is 0.254 e. The Kier molecular flexibility index (Phi) is 4.80. The fourth-order valence-corrected chi connectivity index (χ4v) is 2.91. The van der Waals surface area contributed by atoms with Crippen LogP contribution >= 0.6 is 15.9 Å². The van der Waals surface area contributed by atoms with Crippen molar-refractivity contribution in [3.8, 4) is 0 Å². The number of anilines is 1. The molecule has 0 spiro atoms. The van der Waals surface area contributed by atoms with Crippen LogP contribution in [0.5, 0.6) is 0 Å². The fourth-order valence-electron chi connectivity index (χ4n) is 2.44. The van der Waals surface area contributed by atoms with Crippen molar-refractivity contribution < 1.29 is 9.59 Å². The molecule has 0 radical (unpaired) electrons. The number of benzene rings is 2. The summed E-state index contributed by atoms with van der Waals surface area (Å²) in [7, 11) is 1.59. The Labute approximate surface area is 152 Å². The third-order valence-electron chi connectivity index (χ3n) is 3.75. The minimum atomic E-state index is -0.260. The average molecular weight is 402 g/mol. The molecule has 2 aromatic carbocycles. The van der Waals surface area contributed by atoms with Crippen molar-refractivity contribution in [3.63, 3.8) is 0 Å². The molecule has 0 unspecified atom stereocenters. The summed E-state index contributed by atoms with van der Waals surface area (Å²) in [4.78, 5) is 26.1. The van der Waals surface area contributed by atoms with Crippen molar-refractivity contribution in [2.24, 2.45) is 0 Å². The molecule has 0 fully saturated rings. The van der Waals surface area contributed by atoms with E-state index >= 15 is 0 Å². The van der Waals surface area contributed by atoms with E-state index < -0.39 is 0 Å².